The summed E-state index contributed by atoms with van der Waals surface area (Å²) >= 11 is 0. The second-order valence-electron chi connectivity index (χ2n) is 8.20. The van der Waals surface area contributed by atoms with Crippen molar-refractivity contribution in [2.45, 2.75) is 26.3 Å². The number of aliphatic hydroxyl groups excluding tert-OH is 1. The number of anilines is 1. The predicted molar refractivity (Wildman–Crippen MR) is 131 cm³/mol. The fourth-order valence-corrected chi connectivity index (χ4v) is 4.15. The first-order chi connectivity index (χ1) is 16.4. The van der Waals surface area contributed by atoms with Crippen molar-refractivity contribution in [1.82, 2.24) is 0 Å². The van der Waals surface area contributed by atoms with Crippen LogP contribution in [0.2, 0.25) is 0 Å². The minimum absolute atomic E-state index is 0.0416. The zero-order valence-corrected chi connectivity index (χ0v) is 19.7. The van der Waals surface area contributed by atoms with E-state index < -0.39 is 17.7 Å². The maximum Gasteiger partial charge on any atom is 0.300 e. The summed E-state index contributed by atoms with van der Waals surface area (Å²) < 4.78 is 10.8. The summed E-state index contributed by atoms with van der Waals surface area (Å²) in [6, 6.07) is 19.1. The average Bonchev–Trinajstić information content (AvgIpc) is 3.14. The van der Waals surface area contributed by atoms with Gasteiger partial charge in [-0.2, -0.15) is 0 Å². The van der Waals surface area contributed by atoms with Crippen LogP contribution in [-0.4, -0.2) is 31.0 Å². The van der Waals surface area contributed by atoms with E-state index in [1.54, 1.807) is 30.3 Å². The molecule has 0 aliphatic carbocycles. The fraction of sp³-hybridized carbons (Fsp3) is 0.214. The third-order valence-electron chi connectivity index (χ3n) is 6.09. The molecule has 1 unspecified atom stereocenters. The summed E-state index contributed by atoms with van der Waals surface area (Å²) in [5, 5.41) is 11.2. The molecule has 1 aliphatic heterocycles. The van der Waals surface area contributed by atoms with Crippen LogP contribution in [0.5, 0.6) is 11.5 Å². The van der Waals surface area contributed by atoms with Crippen LogP contribution < -0.4 is 14.4 Å². The number of ether oxygens (including phenoxy) is 2. The van der Waals surface area contributed by atoms with Crippen LogP contribution in [0, 0.1) is 6.92 Å². The normalized spacial score (nSPS) is 17.2. The molecule has 1 saturated heterocycles. The van der Waals surface area contributed by atoms with Crippen LogP contribution in [0.15, 0.2) is 72.3 Å². The molecule has 0 saturated carbocycles. The summed E-state index contributed by atoms with van der Waals surface area (Å²) in [5.74, 6) is -0.719. The van der Waals surface area contributed by atoms with Crippen molar-refractivity contribution in [3.63, 3.8) is 0 Å². The van der Waals surface area contributed by atoms with E-state index in [0.29, 0.717) is 28.3 Å². The van der Waals surface area contributed by atoms with Crippen molar-refractivity contribution in [3.05, 3.63) is 94.6 Å². The Kier molecular flexibility index (Phi) is 6.41. The highest BCUT2D eigenvalue weighted by Gasteiger charge is 2.47. The van der Waals surface area contributed by atoms with Crippen molar-refractivity contribution in [2.24, 2.45) is 0 Å². The Balaban J connectivity index is 1.95. The number of carbonyl (C=O) groups excluding carboxylic acids is 2. The van der Waals surface area contributed by atoms with Crippen LogP contribution in [0.3, 0.4) is 0 Å². The number of carbonyl (C=O) groups is 2. The summed E-state index contributed by atoms with van der Waals surface area (Å²) in [6.07, 6.45) is 0.858. The number of benzene rings is 3. The fourth-order valence-electron chi connectivity index (χ4n) is 4.15. The molecule has 0 spiro atoms. The van der Waals surface area contributed by atoms with Crippen LogP contribution in [0.4, 0.5) is 5.69 Å². The molecule has 1 amide bonds. The first-order valence-corrected chi connectivity index (χ1v) is 11.1. The van der Waals surface area contributed by atoms with Gasteiger partial charge in [0.25, 0.3) is 11.7 Å². The number of aryl methyl sites for hydroxylation is 2. The Morgan fingerprint density at radius 3 is 2.03 bits per heavy atom. The molecule has 34 heavy (non-hydrogen) atoms. The monoisotopic (exact) mass is 457 g/mol. The number of Topliss-reactive ketones (excluding diaryl/α,β-unsaturated/α-hetero) is 1. The summed E-state index contributed by atoms with van der Waals surface area (Å²) in [6.45, 7) is 4.00. The highest BCUT2D eigenvalue weighted by Crippen LogP contribution is 2.44. The lowest BCUT2D eigenvalue weighted by atomic mass is 9.94. The van der Waals surface area contributed by atoms with Crippen LogP contribution in [0.1, 0.15) is 35.2 Å². The van der Waals surface area contributed by atoms with E-state index in [0.717, 1.165) is 17.5 Å². The quantitative estimate of drug-likeness (QED) is 0.313. The average molecular weight is 458 g/mol. The summed E-state index contributed by atoms with van der Waals surface area (Å²) in [4.78, 5) is 28.1. The van der Waals surface area contributed by atoms with Crippen molar-refractivity contribution >= 4 is 23.1 Å². The van der Waals surface area contributed by atoms with Gasteiger partial charge in [0.05, 0.1) is 31.5 Å². The van der Waals surface area contributed by atoms with E-state index in [1.165, 1.54) is 19.1 Å². The van der Waals surface area contributed by atoms with E-state index in [1.807, 2.05) is 43.3 Å². The molecular weight excluding hydrogens is 430 g/mol. The molecule has 3 aromatic rings. The number of ketones is 1. The van der Waals surface area contributed by atoms with Crippen LogP contribution in [0.25, 0.3) is 5.76 Å². The van der Waals surface area contributed by atoms with E-state index in [9.17, 15) is 14.7 Å². The SMILES string of the molecule is CCc1ccc(C2/C(=C(\O)c3ccc(C)cc3)C(=O)C(=O)N2c2cc(OC)cc(OC)c2)cc1. The van der Waals surface area contributed by atoms with Gasteiger partial charge in [-0.05, 0) is 24.5 Å². The van der Waals surface area contributed by atoms with Crippen LogP contribution >= 0.6 is 0 Å². The number of hydrogen-bond acceptors (Lipinski definition) is 5. The Bertz CT molecular complexity index is 1240. The Hall–Kier alpha value is -4.06. The summed E-state index contributed by atoms with van der Waals surface area (Å²) in [7, 11) is 3.04. The lowest BCUT2D eigenvalue weighted by molar-refractivity contribution is -0.132. The number of nitrogens with zero attached hydrogens (tertiary/aromatic N) is 1. The summed E-state index contributed by atoms with van der Waals surface area (Å²) in [5.41, 5.74) is 3.81. The van der Waals surface area contributed by atoms with E-state index in [4.69, 9.17) is 9.47 Å². The molecule has 1 aliphatic rings. The maximum atomic E-state index is 13.4. The zero-order chi connectivity index (χ0) is 24.4. The third kappa shape index (κ3) is 4.15. The van der Waals surface area contributed by atoms with Crippen molar-refractivity contribution in [2.75, 3.05) is 19.1 Å². The zero-order valence-electron chi connectivity index (χ0n) is 19.7. The highest BCUT2D eigenvalue weighted by atomic mass is 16.5. The minimum Gasteiger partial charge on any atom is -0.507 e. The number of hydrogen-bond donors (Lipinski definition) is 1. The van der Waals surface area contributed by atoms with Gasteiger partial charge in [0.1, 0.15) is 17.3 Å². The van der Waals surface area contributed by atoms with Gasteiger partial charge < -0.3 is 14.6 Å². The highest BCUT2D eigenvalue weighted by molar-refractivity contribution is 6.51. The maximum absolute atomic E-state index is 13.4. The third-order valence-corrected chi connectivity index (χ3v) is 6.09. The number of methoxy groups -OCH3 is 2. The van der Waals surface area contributed by atoms with E-state index in [2.05, 4.69) is 6.92 Å². The molecule has 174 valence electrons. The van der Waals surface area contributed by atoms with Gasteiger partial charge in [0.2, 0.25) is 0 Å². The van der Waals surface area contributed by atoms with Crippen molar-refractivity contribution < 1.29 is 24.2 Å². The molecule has 6 heteroatoms. The Morgan fingerprint density at radius 1 is 0.912 bits per heavy atom. The smallest absolute Gasteiger partial charge is 0.300 e. The topological polar surface area (TPSA) is 76.1 Å². The lowest BCUT2D eigenvalue weighted by Gasteiger charge is -2.26. The van der Waals surface area contributed by atoms with E-state index >= 15 is 0 Å². The second-order valence-corrected chi connectivity index (χ2v) is 8.20. The molecule has 6 nitrogen and oxygen atoms in total. The van der Waals surface area contributed by atoms with Crippen LogP contribution in [-0.2, 0) is 16.0 Å². The predicted octanol–water partition coefficient (Wildman–Crippen LogP) is 5.20. The molecule has 1 heterocycles. The van der Waals surface area contributed by atoms with Crippen molar-refractivity contribution in [3.8, 4) is 11.5 Å². The van der Waals surface area contributed by atoms with Gasteiger partial charge in [0.15, 0.2) is 0 Å². The Morgan fingerprint density at radius 2 is 1.50 bits per heavy atom. The van der Waals surface area contributed by atoms with E-state index in [-0.39, 0.29) is 11.3 Å². The van der Waals surface area contributed by atoms with Gasteiger partial charge in [-0.15, -0.1) is 0 Å². The molecule has 0 aromatic heterocycles. The number of amides is 1. The number of rotatable bonds is 6. The largest absolute Gasteiger partial charge is 0.507 e. The van der Waals surface area contributed by atoms with Gasteiger partial charge in [-0.3, -0.25) is 14.5 Å². The second kappa shape index (κ2) is 9.43. The van der Waals surface area contributed by atoms with Gasteiger partial charge in [0, 0.05) is 23.8 Å². The first kappa shape index (κ1) is 23.1. The lowest BCUT2D eigenvalue weighted by Crippen LogP contribution is -2.29. The first-order valence-electron chi connectivity index (χ1n) is 11.1. The van der Waals surface area contributed by atoms with Gasteiger partial charge >= 0.3 is 0 Å². The minimum atomic E-state index is -0.816. The van der Waals surface area contributed by atoms with Crippen molar-refractivity contribution in [1.29, 1.82) is 0 Å². The molecule has 1 fully saturated rings. The molecule has 3 aromatic carbocycles. The molecule has 1 atom stereocenters. The Labute approximate surface area is 199 Å². The number of aliphatic hydroxyl groups is 1. The molecule has 4 rings (SSSR count). The van der Waals surface area contributed by atoms with Gasteiger partial charge in [-0.25, -0.2) is 0 Å². The molecular formula is C28H27NO5. The molecule has 0 radical (unpaired) electrons. The molecule has 0 bridgehead atoms. The molecule has 1 N–H and O–H groups in total. The standard InChI is InChI=1S/C28H27NO5/c1-5-18-8-12-19(13-9-18)25-24(26(30)20-10-6-17(2)7-11-20)27(31)28(32)29(25)21-14-22(33-3)16-23(15-21)34-4/h6-16,25,30H,5H2,1-4H3/b26-24+. The van der Waals surface area contributed by atoms with Gasteiger partial charge in [-0.1, -0.05) is 61.0 Å².